The topological polar surface area (TPSA) is 122 Å². The number of rotatable bonds is 8. The van der Waals surface area contributed by atoms with E-state index >= 15 is 0 Å². The van der Waals surface area contributed by atoms with Crippen LogP contribution in [0.3, 0.4) is 0 Å². The van der Waals surface area contributed by atoms with Gasteiger partial charge in [0.25, 0.3) is 11.1 Å². The standard InChI is InChI=1S/C21H15F3N2O7S/c1-32-13-4-2-3-10(19(13)33-9-16(28)29)7-14-20(30)26(21(31)34-14)8-15(27)25-12-6-5-11(22)17(23)18(12)24/h2-7H,8-9H2,1H3,(H,25,27)(H,28,29)/b14-7+. The zero-order chi connectivity index (χ0) is 25.0. The van der Waals surface area contributed by atoms with E-state index in [1.165, 1.54) is 25.3 Å². The van der Waals surface area contributed by atoms with E-state index in [1.54, 1.807) is 6.07 Å². The Morgan fingerprint density at radius 2 is 1.88 bits per heavy atom. The number of anilines is 1. The number of nitrogens with zero attached hydrogens (tertiary/aromatic N) is 1. The number of carbonyl (C=O) groups excluding carboxylic acids is 3. The van der Waals surface area contributed by atoms with Crippen LogP contribution in [-0.2, 0) is 14.4 Å². The molecule has 1 aliphatic rings. The number of methoxy groups -OCH3 is 1. The molecule has 3 rings (SSSR count). The fraction of sp³-hybridized carbons (Fsp3) is 0.143. The van der Waals surface area contributed by atoms with Crippen molar-refractivity contribution in [1.29, 1.82) is 0 Å². The summed E-state index contributed by atoms with van der Waals surface area (Å²) in [7, 11) is 1.33. The van der Waals surface area contributed by atoms with Gasteiger partial charge in [0, 0.05) is 5.56 Å². The van der Waals surface area contributed by atoms with E-state index in [1.807, 2.05) is 5.32 Å². The van der Waals surface area contributed by atoms with Gasteiger partial charge in [0.15, 0.2) is 35.6 Å². The Balaban J connectivity index is 1.79. The van der Waals surface area contributed by atoms with Gasteiger partial charge in [0.2, 0.25) is 5.91 Å². The molecule has 0 bridgehead atoms. The van der Waals surface area contributed by atoms with Gasteiger partial charge in [0.05, 0.1) is 17.7 Å². The number of benzene rings is 2. The summed E-state index contributed by atoms with van der Waals surface area (Å²) < 4.78 is 50.5. The molecule has 1 aliphatic heterocycles. The highest BCUT2D eigenvalue weighted by molar-refractivity contribution is 8.18. The van der Waals surface area contributed by atoms with Crippen LogP contribution in [-0.4, -0.2) is 53.3 Å². The minimum absolute atomic E-state index is 0.0192. The fourth-order valence-electron chi connectivity index (χ4n) is 2.83. The van der Waals surface area contributed by atoms with Gasteiger partial charge in [-0.1, -0.05) is 12.1 Å². The molecule has 0 aliphatic carbocycles. The summed E-state index contributed by atoms with van der Waals surface area (Å²) in [5.41, 5.74) is -0.428. The van der Waals surface area contributed by atoms with Crippen molar-refractivity contribution in [2.45, 2.75) is 0 Å². The molecule has 2 N–H and O–H groups in total. The number of hydrogen-bond acceptors (Lipinski definition) is 7. The Kier molecular flexibility index (Phi) is 7.46. The second-order valence-corrected chi connectivity index (χ2v) is 7.59. The highest BCUT2D eigenvalue weighted by Gasteiger charge is 2.36. The van der Waals surface area contributed by atoms with Crippen molar-refractivity contribution in [3.05, 3.63) is 58.3 Å². The molecule has 0 radical (unpaired) electrons. The highest BCUT2D eigenvalue weighted by Crippen LogP contribution is 2.37. The van der Waals surface area contributed by atoms with Crippen LogP contribution in [0.2, 0.25) is 0 Å². The Morgan fingerprint density at radius 3 is 2.56 bits per heavy atom. The molecule has 0 aromatic heterocycles. The number of carbonyl (C=O) groups is 4. The van der Waals surface area contributed by atoms with Gasteiger partial charge in [-0.05, 0) is 36.0 Å². The van der Waals surface area contributed by atoms with Crippen LogP contribution in [0.15, 0.2) is 35.2 Å². The van der Waals surface area contributed by atoms with Gasteiger partial charge < -0.3 is 19.9 Å². The van der Waals surface area contributed by atoms with Crippen molar-refractivity contribution >= 4 is 46.5 Å². The van der Waals surface area contributed by atoms with E-state index in [9.17, 15) is 32.3 Å². The Labute approximate surface area is 194 Å². The van der Waals surface area contributed by atoms with Crippen LogP contribution in [0.5, 0.6) is 11.5 Å². The Morgan fingerprint density at radius 1 is 1.15 bits per heavy atom. The van der Waals surface area contributed by atoms with Gasteiger partial charge in [0.1, 0.15) is 6.54 Å². The first-order chi connectivity index (χ1) is 16.1. The number of thioether (sulfide) groups is 1. The van der Waals surface area contributed by atoms with Crippen LogP contribution < -0.4 is 14.8 Å². The molecule has 1 heterocycles. The van der Waals surface area contributed by atoms with Crippen molar-refractivity contribution in [3.8, 4) is 11.5 Å². The second kappa shape index (κ2) is 10.3. The number of halogens is 3. The SMILES string of the molecule is COc1cccc(/C=C2/SC(=O)N(CC(=O)Nc3ccc(F)c(F)c3F)C2=O)c1OCC(=O)O. The van der Waals surface area contributed by atoms with E-state index in [2.05, 4.69) is 0 Å². The van der Waals surface area contributed by atoms with E-state index in [4.69, 9.17) is 14.6 Å². The third-order valence-corrected chi connectivity index (χ3v) is 5.25. The number of nitrogens with one attached hydrogen (secondary N) is 1. The summed E-state index contributed by atoms with van der Waals surface area (Å²) in [6, 6.07) is 5.94. The molecule has 13 heteroatoms. The first-order valence-corrected chi connectivity index (χ1v) is 10.1. The zero-order valence-corrected chi connectivity index (χ0v) is 18.1. The lowest BCUT2D eigenvalue weighted by atomic mass is 10.1. The van der Waals surface area contributed by atoms with Gasteiger partial charge in [-0.15, -0.1) is 0 Å². The normalized spacial score (nSPS) is 14.5. The molecule has 0 atom stereocenters. The molecule has 3 amide bonds. The summed E-state index contributed by atoms with van der Waals surface area (Å²) in [4.78, 5) is 48.5. The molecule has 178 valence electrons. The Bertz CT molecular complexity index is 1220. The van der Waals surface area contributed by atoms with Crippen molar-refractivity contribution in [3.63, 3.8) is 0 Å². The van der Waals surface area contributed by atoms with Gasteiger partial charge in [-0.2, -0.15) is 0 Å². The maximum atomic E-state index is 13.8. The highest BCUT2D eigenvalue weighted by atomic mass is 32.2. The Hall–Kier alpha value is -4.00. The summed E-state index contributed by atoms with van der Waals surface area (Å²) in [6.07, 6.45) is 1.26. The summed E-state index contributed by atoms with van der Waals surface area (Å²) in [5, 5.41) is 10.0. The molecule has 0 unspecified atom stereocenters. The average molecular weight is 496 g/mol. The first kappa shape index (κ1) is 24.6. The summed E-state index contributed by atoms with van der Waals surface area (Å²) in [6.45, 7) is -1.51. The number of imide groups is 1. The van der Waals surface area contributed by atoms with Crippen molar-refractivity contribution in [1.82, 2.24) is 4.90 Å². The van der Waals surface area contributed by atoms with E-state index < -0.39 is 59.3 Å². The smallest absolute Gasteiger partial charge is 0.341 e. The minimum atomic E-state index is -1.79. The molecule has 2 aromatic carbocycles. The molecule has 34 heavy (non-hydrogen) atoms. The first-order valence-electron chi connectivity index (χ1n) is 9.32. The number of carboxylic acid groups (broad SMARTS) is 1. The van der Waals surface area contributed by atoms with Crippen molar-refractivity contribution in [2.24, 2.45) is 0 Å². The summed E-state index contributed by atoms with van der Waals surface area (Å²) >= 11 is 0.501. The third-order valence-electron chi connectivity index (χ3n) is 4.34. The van der Waals surface area contributed by atoms with Crippen LogP contribution in [0.4, 0.5) is 23.7 Å². The number of aliphatic carboxylic acids is 1. The second-order valence-electron chi connectivity index (χ2n) is 6.60. The summed E-state index contributed by atoms with van der Waals surface area (Å²) in [5.74, 6) is -7.80. The van der Waals surface area contributed by atoms with Gasteiger partial charge in [-0.25, -0.2) is 18.0 Å². The molecule has 1 saturated heterocycles. The molecule has 0 spiro atoms. The largest absolute Gasteiger partial charge is 0.493 e. The maximum Gasteiger partial charge on any atom is 0.341 e. The van der Waals surface area contributed by atoms with Gasteiger partial charge in [-0.3, -0.25) is 19.3 Å². The van der Waals surface area contributed by atoms with E-state index in [0.717, 1.165) is 6.07 Å². The molecular weight excluding hydrogens is 481 g/mol. The van der Waals surface area contributed by atoms with Crippen LogP contribution >= 0.6 is 11.8 Å². The molecule has 9 nitrogen and oxygen atoms in total. The fourth-order valence-corrected chi connectivity index (χ4v) is 3.66. The van der Waals surface area contributed by atoms with Crippen LogP contribution in [0, 0.1) is 17.5 Å². The van der Waals surface area contributed by atoms with Crippen LogP contribution in [0.25, 0.3) is 6.08 Å². The third kappa shape index (κ3) is 5.31. The lowest BCUT2D eigenvalue weighted by Gasteiger charge is -2.13. The average Bonchev–Trinajstić information content (AvgIpc) is 3.05. The quantitative estimate of drug-likeness (QED) is 0.422. The molecule has 0 saturated carbocycles. The predicted molar refractivity (Wildman–Crippen MR) is 114 cm³/mol. The molecule has 1 fully saturated rings. The lowest BCUT2D eigenvalue weighted by Crippen LogP contribution is -2.36. The van der Waals surface area contributed by atoms with Crippen molar-refractivity contribution < 1.29 is 46.9 Å². The number of hydrogen-bond donors (Lipinski definition) is 2. The predicted octanol–water partition coefficient (Wildman–Crippen LogP) is 3.25. The number of para-hydroxylation sites is 1. The monoisotopic (exact) mass is 496 g/mol. The zero-order valence-electron chi connectivity index (χ0n) is 17.3. The van der Waals surface area contributed by atoms with E-state index in [0.29, 0.717) is 22.7 Å². The number of ether oxygens (including phenoxy) is 2. The molecular formula is C21H15F3N2O7S. The molecule has 2 aromatic rings. The van der Waals surface area contributed by atoms with Gasteiger partial charge >= 0.3 is 5.97 Å². The van der Waals surface area contributed by atoms with Crippen LogP contribution in [0.1, 0.15) is 5.56 Å². The minimum Gasteiger partial charge on any atom is -0.493 e. The number of carboxylic acids is 1. The maximum absolute atomic E-state index is 13.8. The van der Waals surface area contributed by atoms with E-state index in [-0.39, 0.29) is 22.0 Å². The lowest BCUT2D eigenvalue weighted by molar-refractivity contribution is -0.139. The van der Waals surface area contributed by atoms with Crippen molar-refractivity contribution in [2.75, 3.05) is 25.6 Å². The number of amides is 3.